The summed E-state index contributed by atoms with van der Waals surface area (Å²) in [6, 6.07) is 4.16. The average molecular weight is 528 g/mol. The number of rotatable bonds is 8. The second kappa shape index (κ2) is 11.0. The van der Waals surface area contributed by atoms with Crippen molar-refractivity contribution >= 4 is 40.6 Å². The molecule has 0 spiro atoms. The van der Waals surface area contributed by atoms with E-state index in [2.05, 4.69) is 22.0 Å². The lowest BCUT2D eigenvalue weighted by Gasteiger charge is -2.18. The number of hydrogen-bond donors (Lipinski definition) is 3. The number of carbonyl (C=O) groups excluding carboxylic acids is 1. The minimum absolute atomic E-state index is 0.00875. The molecular formula is C22H25Cl2F2N7O2. The predicted octanol–water partition coefficient (Wildman–Crippen LogP) is 3.49. The molecule has 0 radical (unpaired) electrons. The maximum absolute atomic E-state index is 13.2. The molecule has 188 valence electrons. The molecule has 5 N–H and O–H groups in total. The van der Waals surface area contributed by atoms with E-state index in [9.17, 15) is 13.6 Å². The summed E-state index contributed by atoms with van der Waals surface area (Å²) < 4.78 is 34.0. The molecule has 0 aliphatic carbocycles. The van der Waals surface area contributed by atoms with Crippen molar-refractivity contribution in [3.05, 3.63) is 64.2 Å². The number of amides is 2. The van der Waals surface area contributed by atoms with E-state index in [0.29, 0.717) is 41.1 Å². The number of urea groups is 1. The van der Waals surface area contributed by atoms with Gasteiger partial charge in [0.05, 0.1) is 48.2 Å². The zero-order chi connectivity index (χ0) is 25.8. The number of halogens is 4. The summed E-state index contributed by atoms with van der Waals surface area (Å²) in [6.45, 7) is 4.13. The van der Waals surface area contributed by atoms with E-state index >= 15 is 0 Å². The van der Waals surface area contributed by atoms with Crippen molar-refractivity contribution in [3.63, 3.8) is 0 Å². The lowest BCUT2D eigenvalue weighted by atomic mass is 10.0. The van der Waals surface area contributed by atoms with Gasteiger partial charge in [0.1, 0.15) is 18.2 Å². The molecule has 0 bridgehead atoms. The molecule has 3 rings (SSSR count). The van der Waals surface area contributed by atoms with Gasteiger partial charge in [0.15, 0.2) is 0 Å². The molecule has 1 fully saturated rings. The van der Waals surface area contributed by atoms with Crippen LogP contribution >= 0.6 is 23.2 Å². The number of aliphatic imine (C=N–C) groups is 1. The number of hydrogen-bond acceptors (Lipinski definition) is 6. The van der Waals surface area contributed by atoms with Crippen LogP contribution in [0.4, 0.5) is 13.6 Å². The van der Waals surface area contributed by atoms with Crippen LogP contribution in [0.1, 0.15) is 12.5 Å². The van der Waals surface area contributed by atoms with E-state index < -0.39 is 18.5 Å². The van der Waals surface area contributed by atoms with Crippen LogP contribution in [0.25, 0.3) is 5.70 Å². The molecule has 2 amide bonds. The summed E-state index contributed by atoms with van der Waals surface area (Å²) in [5, 5.41) is 6.87. The van der Waals surface area contributed by atoms with Crippen LogP contribution in [0.15, 0.2) is 53.6 Å². The lowest BCUT2D eigenvalue weighted by molar-refractivity contribution is 0.0242. The SMILES string of the molecule is C=C(N)N=C1CN(C(=O)NCC(C)(F)F)C/C1=C(/N)c1c(Cl)cc(Cl)cc1OCCn1cccn1. The highest BCUT2D eigenvalue weighted by atomic mass is 35.5. The molecule has 0 unspecified atom stereocenters. The van der Waals surface area contributed by atoms with E-state index in [1.807, 2.05) is 0 Å². The van der Waals surface area contributed by atoms with Gasteiger partial charge in [-0.3, -0.25) is 4.68 Å². The Hall–Kier alpha value is -3.31. The molecule has 35 heavy (non-hydrogen) atoms. The summed E-state index contributed by atoms with van der Waals surface area (Å²) in [4.78, 5) is 18.0. The van der Waals surface area contributed by atoms with E-state index in [1.54, 1.807) is 29.2 Å². The lowest BCUT2D eigenvalue weighted by Crippen LogP contribution is -2.43. The summed E-state index contributed by atoms with van der Waals surface area (Å²) in [5.74, 6) is -2.75. The Balaban J connectivity index is 1.93. The molecule has 2 aromatic rings. The number of carbonyl (C=O) groups is 1. The van der Waals surface area contributed by atoms with Gasteiger partial charge in [0.25, 0.3) is 5.92 Å². The van der Waals surface area contributed by atoms with Gasteiger partial charge >= 0.3 is 6.03 Å². The van der Waals surface area contributed by atoms with Crippen molar-refractivity contribution in [1.29, 1.82) is 0 Å². The Morgan fingerprint density at radius 2 is 2.09 bits per heavy atom. The van der Waals surface area contributed by atoms with Crippen LogP contribution < -0.4 is 21.5 Å². The minimum atomic E-state index is -3.06. The standard InChI is InChI=1S/C22H25Cl2F2N7O2/c1-13(27)31-17-11-32(21(34)29-12-22(2,25)26)10-15(17)20(28)19-16(24)8-14(23)9-18(19)35-7-6-33-5-3-4-30-33/h3-5,8-9H,1,6-7,10-12,27-28H2,2H3,(H,29,34)/b20-15-,31-17?. The highest BCUT2D eigenvalue weighted by molar-refractivity contribution is 6.36. The van der Waals surface area contributed by atoms with Crippen molar-refractivity contribution in [2.45, 2.75) is 19.4 Å². The second-order valence-corrected chi connectivity index (χ2v) is 8.75. The predicted molar refractivity (Wildman–Crippen MR) is 132 cm³/mol. The van der Waals surface area contributed by atoms with Crippen LogP contribution in [0.2, 0.25) is 10.0 Å². The molecule has 9 nitrogen and oxygen atoms in total. The van der Waals surface area contributed by atoms with Gasteiger partial charge in [-0.2, -0.15) is 5.10 Å². The van der Waals surface area contributed by atoms with Crippen LogP contribution in [0.5, 0.6) is 5.75 Å². The Morgan fingerprint density at radius 1 is 1.34 bits per heavy atom. The van der Waals surface area contributed by atoms with Crippen molar-refractivity contribution in [2.24, 2.45) is 16.5 Å². The second-order valence-electron chi connectivity index (χ2n) is 7.91. The smallest absolute Gasteiger partial charge is 0.318 e. The number of alkyl halides is 2. The topological polar surface area (TPSA) is 124 Å². The van der Waals surface area contributed by atoms with Gasteiger partial charge in [0, 0.05) is 29.9 Å². The minimum Gasteiger partial charge on any atom is -0.491 e. The molecule has 2 heterocycles. The number of benzene rings is 1. The van der Waals surface area contributed by atoms with Gasteiger partial charge in [-0.25, -0.2) is 18.6 Å². The molecule has 0 saturated carbocycles. The number of nitrogens with zero attached hydrogens (tertiary/aromatic N) is 4. The molecule has 1 saturated heterocycles. The third-order valence-electron chi connectivity index (χ3n) is 4.90. The summed E-state index contributed by atoms with van der Waals surface area (Å²) >= 11 is 12.7. The number of likely N-dealkylation sites (tertiary alicyclic amines) is 1. The first-order chi connectivity index (χ1) is 16.4. The normalized spacial score (nSPS) is 16.5. The van der Waals surface area contributed by atoms with Gasteiger partial charge in [-0.15, -0.1) is 0 Å². The Morgan fingerprint density at radius 3 is 2.71 bits per heavy atom. The zero-order valence-corrected chi connectivity index (χ0v) is 20.4. The highest BCUT2D eigenvalue weighted by Gasteiger charge is 2.32. The molecule has 1 aromatic heterocycles. The van der Waals surface area contributed by atoms with E-state index in [-0.39, 0.29) is 36.2 Å². The van der Waals surface area contributed by atoms with E-state index in [1.165, 1.54) is 11.0 Å². The van der Waals surface area contributed by atoms with Crippen LogP contribution in [-0.2, 0) is 6.54 Å². The van der Waals surface area contributed by atoms with Crippen molar-refractivity contribution in [3.8, 4) is 5.75 Å². The van der Waals surface area contributed by atoms with Crippen LogP contribution in [0.3, 0.4) is 0 Å². The number of aromatic nitrogens is 2. The summed E-state index contributed by atoms with van der Waals surface area (Å²) in [6.07, 6.45) is 3.44. The van der Waals surface area contributed by atoms with Gasteiger partial charge in [-0.05, 0) is 18.2 Å². The highest BCUT2D eigenvalue weighted by Crippen LogP contribution is 2.37. The third-order valence-corrected chi connectivity index (χ3v) is 5.42. The first-order valence-corrected chi connectivity index (χ1v) is 11.2. The Bertz CT molecular complexity index is 1160. The molecule has 1 aliphatic rings. The fourth-order valence-electron chi connectivity index (χ4n) is 3.38. The third kappa shape index (κ3) is 7.09. The number of nitrogens with one attached hydrogen (secondary N) is 1. The average Bonchev–Trinajstić information content (AvgIpc) is 3.40. The van der Waals surface area contributed by atoms with Gasteiger partial charge in [-0.1, -0.05) is 29.8 Å². The first-order valence-electron chi connectivity index (χ1n) is 10.5. The summed E-state index contributed by atoms with van der Waals surface area (Å²) in [5.41, 5.74) is 13.5. The number of ether oxygens (including phenoxy) is 1. The monoisotopic (exact) mass is 527 g/mol. The van der Waals surface area contributed by atoms with Crippen molar-refractivity contribution in [1.82, 2.24) is 20.0 Å². The molecule has 1 aromatic carbocycles. The largest absolute Gasteiger partial charge is 0.491 e. The fourth-order valence-corrected chi connectivity index (χ4v) is 3.95. The quantitative estimate of drug-likeness (QED) is 0.484. The molecule has 1 aliphatic heterocycles. The van der Waals surface area contributed by atoms with Gasteiger partial charge in [0.2, 0.25) is 0 Å². The van der Waals surface area contributed by atoms with Crippen molar-refractivity contribution < 1.29 is 18.3 Å². The Kier molecular flexibility index (Phi) is 8.23. The molecule has 0 atom stereocenters. The Labute approximate surface area is 211 Å². The van der Waals surface area contributed by atoms with Crippen LogP contribution in [0, 0.1) is 0 Å². The van der Waals surface area contributed by atoms with Gasteiger partial charge < -0.3 is 26.4 Å². The summed E-state index contributed by atoms with van der Waals surface area (Å²) in [7, 11) is 0. The molecule has 13 heteroatoms. The number of nitrogens with two attached hydrogens (primary N) is 2. The first kappa shape index (κ1) is 26.3. The van der Waals surface area contributed by atoms with Crippen molar-refractivity contribution in [2.75, 3.05) is 26.2 Å². The van der Waals surface area contributed by atoms with E-state index in [4.69, 9.17) is 39.4 Å². The fraction of sp³-hybridized carbons (Fsp3) is 0.318. The van der Waals surface area contributed by atoms with Crippen LogP contribution in [-0.4, -0.2) is 58.6 Å². The molecular weight excluding hydrogens is 503 g/mol. The maximum atomic E-state index is 13.2. The van der Waals surface area contributed by atoms with E-state index in [0.717, 1.165) is 0 Å². The zero-order valence-electron chi connectivity index (χ0n) is 18.9. The maximum Gasteiger partial charge on any atom is 0.318 e.